The maximum Gasteiger partial charge on any atom is 0.260 e. The summed E-state index contributed by atoms with van der Waals surface area (Å²) in [6.07, 6.45) is 0. The maximum atomic E-state index is 12.4. The fraction of sp³-hybridized carbons (Fsp3) is 0.333. The van der Waals surface area contributed by atoms with Gasteiger partial charge in [-0.25, -0.2) is 0 Å². The highest BCUT2D eigenvalue weighted by atomic mass is 16.5. The molecule has 1 amide bonds. The van der Waals surface area contributed by atoms with Gasteiger partial charge in [-0.3, -0.25) is 9.59 Å². The van der Waals surface area contributed by atoms with Crippen LogP contribution in [0.1, 0.15) is 22.8 Å². The van der Waals surface area contributed by atoms with Crippen LogP contribution in [0.25, 0.3) is 0 Å². The monoisotopic (exact) mass is 352 g/mol. The molecule has 5 heteroatoms. The summed E-state index contributed by atoms with van der Waals surface area (Å²) < 4.78 is 5.59. The zero-order valence-corrected chi connectivity index (χ0v) is 15.3. The summed E-state index contributed by atoms with van der Waals surface area (Å²) in [4.78, 5) is 27.9. The summed E-state index contributed by atoms with van der Waals surface area (Å²) in [5, 5.41) is 0. The number of ketones is 1. The lowest BCUT2D eigenvalue weighted by molar-refractivity contribution is -0.133. The first-order valence-corrected chi connectivity index (χ1v) is 8.86. The minimum absolute atomic E-state index is 0.00251. The molecule has 136 valence electrons. The number of piperazine rings is 1. The molecule has 26 heavy (non-hydrogen) atoms. The van der Waals surface area contributed by atoms with Crippen molar-refractivity contribution in [2.45, 2.75) is 13.8 Å². The second-order valence-electron chi connectivity index (χ2n) is 6.58. The van der Waals surface area contributed by atoms with E-state index >= 15 is 0 Å². The van der Waals surface area contributed by atoms with Crippen molar-refractivity contribution in [3.8, 4) is 5.75 Å². The summed E-state index contributed by atoms with van der Waals surface area (Å²) in [6, 6.07) is 15.3. The Hall–Kier alpha value is -2.82. The number of anilines is 1. The lowest BCUT2D eigenvalue weighted by Crippen LogP contribution is -2.50. The maximum absolute atomic E-state index is 12.4. The summed E-state index contributed by atoms with van der Waals surface area (Å²) in [5.41, 5.74) is 2.90. The Kier molecular flexibility index (Phi) is 5.56. The Morgan fingerprint density at radius 3 is 2.35 bits per heavy atom. The predicted molar refractivity (Wildman–Crippen MR) is 102 cm³/mol. The molecule has 0 bridgehead atoms. The van der Waals surface area contributed by atoms with Crippen LogP contribution in [0.5, 0.6) is 5.75 Å². The van der Waals surface area contributed by atoms with E-state index in [4.69, 9.17) is 4.74 Å². The Morgan fingerprint density at radius 1 is 1.00 bits per heavy atom. The van der Waals surface area contributed by atoms with Crippen LogP contribution >= 0.6 is 0 Å². The predicted octanol–water partition coefficient (Wildman–Crippen LogP) is 2.93. The van der Waals surface area contributed by atoms with Gasteiger partial charge in [-0.1, -0.05) is 29.8 Å². The van der Waals surface area contributed by atoms with Crippen molar-refractivity contribution < 1.29 is 14.3 Å². The third-order valence-electron chi connectivity index (χ3n) is 4.63. The molecule has 1 saturated heterocycles. The molecule has 0 aliphatic carbocycles. The van der Waals surface area contributed by atoms with Crippen LogP contribution in [-0.4, -0.2) is 49.4 Å². The summed E-state index contributed by atoms with van der Waals surface area (Å²) in [5.74, 6) is 0.778. The molecule has 3 rings (SSSR count). The second kappa shape index (κ2) is 8.04. The minimum Gasteiger partial charge on any atom is -0.484 e. The second-order valence-corrected chi connectivity index (χ2v) is 6.58. The van der Waals surface area contributed by atoms with Gasteiger partial charge in [-0.05, 0) is 38.1 Å². The standard InChI is InChI=1S/C21H24N2O3/c1-16-6-8-20(9-7-16)26-15-21(25)23-12-10-22(11-13-23)19-5-3-4-18(14-19)17(2)24/h3-9,14H,10-13,15H2,1-2H3. The Bertz CT molecular complexity index is 778. The molecule has 5 nitrogen and oxygen atoms in total. The van der Waals surface area contributed by atoms with E-state index in [1.54, 1.807) is 6.92 Å². The number of carbonyl (C=O) groups is 2. The van der Waals surface area contributed by atoms with Crippen LogP contribution in [0.15, 0.2) is 48.5 Å². The minimum atomic E-state index is 0.00251. The number of rotatable bonds is 5. The van der Waals surface area contributed by atoms with Gasteiger partial charge >= 0.3 is 0 Å². The normalized spacial score (nSPS) is 14.2. The number of hydrogen-bond acceptors (Lipinski definition) is 4. The van der Waals surface area contributed by atoms with Crippen molar-refractivity contribution >= 4 is 17.4 Å². The lowest BCUT2D eigenvalue weighted by Gasteiger charge is -2.36. The zero-order valence-electron chi connectivity index (χ0n) is 15.3. The molecule has 0 aromatic heterocycles. The highest BCUT2D eigenvalue weighted by Gasteiger charge is 2.22. The van der Waals surface area contributed by atoms with Gasteiger partial charge in [0.2, 0.25) is 0 Å². The molecule has 2 aromatic rings. The molecule has 1 aliphatic rings. The molecule has 1 fully saturated rings. The largest absolute Gasteiger partial charge is 0.484 e. The highest BCUT2D eigenvalue weighted by molar-refractivity contribution is 5.95. The number of benzene rings is 2. The smallest absolute Gasteiger partial charge is 0.260 e. The highest BCUT2D eigenvalue weighted by Crippen LogP contribution is 2.19. The molecule has 0 N–H and O–H groups in total. The lowest BCUT2D eigenvalue weighted by atomic mass is 10.1. The fourth-order valence-electron chi connectivity index (χ4n) is 3.01. The first-order chi connectivity index (χ1) is 12.5. The van der Waals surface area contributed by atoms with E-state index in [1.165, 1.54) is 0 Å². The van der Waals surface area contributed by atoms with Crippen LogP contribution in [-0.2, 0) is 4.79 Å². The number of amides is 1. The molecule has 2 aromatic carbocycles. The zero-order chi connectivity index (χ0) is 18.5. The number of ether oxygens (including phenoxy) is 1. The van der Waals surface area contributed by atoms with E-state index in [9.17, 15) is 9.59 Å². The average Bonchev–Trinajstić information content (AvgIpc) is 2.67. The number of hydrogen-bond donors (Lipinski definition) is 0. The molecule has 0 saturated carbocycles. The van der Waals surface area contributed by atoms with Gasteiger partial charge in [-0.15, -0.1) is 0 Å². The van der Waals surface area contributed by atoms with Crippen molar-refractivity contribution in [3.05, 3.63) is 59.7 Å². The average molecular weight is 352 g/mol. The number of nitrogens with zero attached hydrogens (tertiary/aromatic N) is 2. The Morgan fingerprint density at radius 2 is 1.69 bits per heavy atom. The first-order valence-electron chi connectivity index (χ1n) is 8.86. The summed E-state index contributed by atoms with van der Waals surface area (Å²) in [6.45, 7) is 6.45. The van der Waals surface area contributed by atoms with Gasteiger partial charge < -0.3 is 14.5 Å². The number of carbonyl (C=O) groups excluding carboxylic acids is 2. The summed E-state index contributed by atoms with van der Waals surface area (Å²) >= 11 is 0. The third kappa shape index (κ3) is 4.42. The van der Waals surface area contributed by atoms with E-state index in [0.717, 1.165) is 24.3 Å². The van der Waals surface area contributed by atoms with Crippen molar-refractivity contribution in [3.63, 3.8) is 0 Å². The van der Waals surface area contributed by atoms with E-state index in [2.05, 4.69) is 4.90 Å². The molecule has 0 radical (unpaired) electrons. The Labute approximate surface area is 154 Å². The topological polar surface area (TPSA) is 49.9 Å². The van der Waals surface area contributed by atoms with Crippen molar-refractivity contribution in [2.24, 2.45) is 0 Å². The van der Waals surface area contributed by atoms with E-state index < -0.39 is 0 Å². The van der Waals surface area contributed by atoms with Crippen LogP contribution in [0.4, 0.5) is 5.69 Å². The van der Waals surface area contributed by atoms with Crippen molar-refractivity contribution in [1.82, 2.24) is 4.90 Å². The number of Topliss-reactive ketones (excluding diaryl/α,β-unsaturated/α-hetero) is 1. The first kappa shape index (κ1) is 18.0. The van der Waals surface area contributed by atoms with Gasteiger partial charge in [0.25, 0.3) is 5.91 Å². The molecular formula is C21H24N2O3. The van der Waals surface area contributed by atoms with E-state index in [-0.39, 0.29) is 18.3 Å². The SMILES string of the molecule is CC(=O)c1cccc(N2CCN(C(=O)COc3ccc(C)cc3)CC2)c1. The Balaban J connectivity index is 1.51. The molecule has 0 unspecified atom stereocenters. The van der Waals surface area contributed by atoms with Gasteiger partial charge in [-0.2, -0.15) is 0 Å². The van der Waals surface area contributed by atoms with Crippen LogP contribution in [0.2, 0.25) is 0 Å². The quantitative estimate of drug-likeness (QED) is 0.777. The molecule has 0 atom stereocenters. The number of aryl methyl sites for hydroxylation is 1. The van der Waals surface area contributed by atoms with Gasteiger partial charge in [0.05, 0.1) is 0 Å². The van der Waals surface area contributed by atoms with Crippen LogP contribution in [0.3, 0.4) is 0 Å². The van der Waals surface area contributed by atoms with Crippen molar-refractivity contribution in [1.29, 1.82) is 0 Å². The molecular weight excluding hydrogens is 328 g/mol. The third-order valence-corrected chi connectivity index (χ3v) is 4.63. The molecule has 1 heterocycles. The van der Waals surface area contributed by atoms with Gasteiger partial charge in [0, 0.05) is 37.4 Å². The van der Waals surface area contributed by atoms with Crippen LogP contribution < -0.4 is 9.64 Å². The van der Waals surface area contributed by atoms with Crippen LogP contribution in [0, 0.1) is 6.92 Å². The van der Waals surface area contributed by atoms with Crippen molar-refractivity contribution in [2.75, 3.05) is 37.7 Å². The fourth-order valence-corrected chi connectivity index (χ4v) is 3.01. The van der Waals surface area contributed by atoms with Gasteiger partial charge in [0.15, 0.2) is 12.4 Å². The summed E-state index contributed by atoms with van der Waals surface area (Å²) in [7, 11) is 0. The molecule has 1 aliphatic heterocycles. The van der Waals surface area contributed by atoms with Gasteiger partial charge in [0.1, 0.15) is 5.75 Å². The van der Waals surface area contributed by atoms with E-state index in [1.807, 2.05) is 60.4 Å². The molecule has 0 spiro atoms. The van der Waals surface area contributed by atoms with E-state index in [0.29, 0.717) is 24.4 Å².